The van der Waals surface area contributed by atoms with Crippen LogP contribution < -0.4 is 5.56 Å². The van der Waals surface area contributed by atoms with Crippen LogP contribution in [0, 0.1) is 0 Å². The Bertz CT molecular complexity index is 476. The molecular formula is C9H8F3NO3. The van der Waals surface area contributed by atoms with Crippen LogP contribution in [0.4, 0.5) is 13.2 Å². The number of aromatic carboxylic acids is 1. The van der Waals surface area contributed by atoms with Gasteiger partial charge in [-0.2, -0.15) is 13.2 Å². The smallest absolute Gasteiger partial charge is 0.421 e. The fourth-order valence-corrected chi connectivity index (χ4v) is 1.19. The number of carbonyl (C=O) groups is 1. The van der Waals surface area contributed by atoms with E-state index in [4.69, 9.17) is 5.11 Å². The summed E-state index contributed by atoms with van der Waals surface area (Å²) in [7, 11) is 0. The molecule has 1 N–H and O–H groups in total. The minimum atomic E-state index is -4.85. The van der Waals surface area contributed by atoms with Crippen molar-refractivity contribution in [3.63, 3.8) is 0 Å². The van der Waals surface area contributed by atoms with Gasteiger partial charge in [-0.15, -0.1) is 0 Å². The van der Waals surface area contributed by atoms with Gasteiger partial charge in [0.25, 0.3) is 5.56 Å². The molecule has 1 rings (SSSR count). The fourth-order valence-electron chi connectivity index (χ4n) is 1.19. The average molecular weight is 235 g/mol. The lowest BCUT2D eigenvalue weighted by Crippen LogP contribution is -2.29. The van der Waals surface area contributed by atoms with Crippen LogP contribution in [0.15, 0.2) is 17.1 Å². The number of hydrogen-bond donors (Lipinski definition) is 1. The number of alkyl halides is 3. The fraction of sp³-hybridized carbons (Fsp3) is 0.333. The number of pyridine rings is 1. The summed E-state index contributed by atoms with van der Waals surface area (Å²) >= 11 is 0. The number of carboxylic acids is 1. The van der Waals surface area contributed by atoms with Gasteiger partial charge in [0, 0.05) is 12.7 Å². The lowest BCUT2D eigenvalue weighted by atomic mass is 10.2. The lowest BCUT2D eigenvalue weighted by molar-refractivity contribution is -0.139. The van der Waals surface area contributed by atoms with E-state index in [0.29, 0.717) is 10.6 Å². The minimum absolute atomic E-state index is 0.0248. The summed E-state index contributed by atoms with van der Waals surface area (Å²) in [6, 6.07) is 0.344. The molecule has 0 radical (unpaired) electrons. The molecule has 0 saturated heterocycles. The molecule has 0 fully saturated rings. The predicted octanol–water partition coefficient (Wildman–Crippen LogP) is 1.59. The Kier molecular flexibility index (Phi) is 3.06. The highest BCUT2D eigenvalue weighted by atomic mass is 19.4. The third-order valence-corrected chi connectivity index (χ3v) is 1.98. The summed E-state index contributed by atoms with van der Waals surface area (Å²) in [6.45, 7) is 1.43. The summed E-state index contributed by atoms with van der Waals surface area (Å²) in [5.74, 6) is -1.51. The van der Waals surface area contributed by atoms with Gasteiger partial charge in [0.1, 0.15) is 5.56 Å². The van der Waals surface area contributed by atoms with Gasteiger partial charge in [-0.05, 0) is 13.0 Å². The molecule has 0 aromatic carbocycles. The van der Waals surface area contributed by atoms with Crippen LogP contribution >= 0.6 is 0 Å². The highest BCUT2D eigenvalue weighted by Crippen LogP contribution is 2.26. The molecule has 0 amide bonds. The Morgan fingerprint density at radius 3 is 2.44 bits per heavy atom. The first-order valence-electron chi connectivity index (χ1n) is 4.32. The monoisotopic (exact) mass is 235 g/mol. The zero-order valence-corrected chi connectivity index (χ0v) is 8.21. The van der Waals surface area contributed by atoms with Crippen molar-refractivity contribution >= 4 is 5.97 Å². The van der Waals surface area contributed by atoms with E-state index in [1.165, 1.54) is 6.92 Å². The Balaban J connectivity index is 3.55. The standard InChI is InChI=1S/C9H8F3NO3/c1-2-13-4-5(8(15)16)3-6(7(13)14)9(10,11)12/h3-4H,2H2,1H3,(H,15,16). The molecule has 1 heterocycles. The van der Waals surface area contributed by atoms with Crippen molar-refractivity contribution in [2.24, 2.45) is 0 Å². The first-order valence-corrected chi connectivity index (χ1v) is 4.32. The zero-order valence-electron chi connectivity index (χ0n) is 8.21. The summed E-state index contributed by atoms with van der Waals surface area (Å²) in [6.07, 6.45) is -3.96. The van der Waals surface area contributed by atoms with Crippen molar-refractivity contribution in [1.82, 2.24) is 4.57 Å². The second-order valence-electron chi connectivity index (χ2n) is 3.04. The number of nitrogens with zero attached hydrogens (tertiary/aromatic N) is 1. The van der Waals surface area contributed by atoms with Crippen LogP contribution in [0.2, 0.25) is 0 Å². The van der Waals surface area contributed by atoms with E-state index in [1.807, 2.05) is 0 Å². The van der Waals surface area contributed by atoms with Gasteiger partial charge in [-0.1, -0.05) is 0 Å². The van der Waals surface area contributed by atoms with E-state index in [-0.39, 0.29) is 6.54 Å². The molecule has 1 aromatic rings. The second kappa shape index (κ2) is 3.99. The molecule has 0 aliphatic rings. The minimum Gasteiger partial charge on any atom is -0.478 e. The molecule has 4 nitrogen and oxygen atoms in total. The highest BCUT2D eigenvalue weighted by Gasteiger charge is 2.35. The van der Waals surface area contributed by atoms with Crippen molar-refractivity contribution in [2.75, 3.05) is 0 Å². The van der Waals surface area contributed by atoms with Gasteiger partial charge >= 0.3 is 12.1 Å². The van der Waals surface area contributed by atoms with Gasteiger partial charge in [-0.3, -0.25) is 4.79 Å². The normalized spacial score (nSPS) is 11.5. The van der Waals surface area contributed by atoms with Crippen molar-refractivity contribution < 1.29 is 23.1 Å². The Morgan fingerprint density at radius 1 is 1.50 bits per heavy atom. The van der Waals surface area contributed by atoms with Crippen LogP contribution in [0.25, 0.3) is 0 Å². The maximum atomic E-state index is 12.4. The van der Waals surface area contributed by atoms with Crippen molar-refractivity contribution in [3.8, 4) is 0 Å². The molecule has 0 aliphatic heterocycles. The van der Waals surface area contributed by atoms with Crippen LogP contribution in [-0.4, -0.2) is 15.6 Å². The number of hydrogen-bond acceptors (Lipinski definition) is 2. The largest absolute Gasteiger partial charge is 0.478 e. The molecule has 0 spiro atoms. The molecule has 0 aliphatic carbocycles. The van der Waals surface area contributed by atoms with Gasteiger partial charge < -0.3 is 9.67 Å². The first kappa shape index (κ1) is 12.3. The van der Waals surface area contributed by atoms with E-state index in [9.17, 15) is 22.8 Å². The summed E-state index contributed by atoms with van der Waals surface area (Å²) in [5, 5.41) is 8.60. The number of aryl methyl sites for hydroxylation is 1. The van der Waals surface area contributed by atoms with E-state index in [0.717, 1.165) is 6.20 Å². The van der Waals surface area contributed by atoms with Crippen LogP contribution in [0.1, 0.15) is 22.8 Å². The van der Waals surface area contributed by atoms with Crippen LogP contribution in [0.3, 0.4) is 0 Å². The summed E-state index contributed by atoms with van der Waals surface area (Å²) < 4.78 is 37.9. The van der Waals surface area contributed by atoms with E-state index >= 15 is 0 Å². The third kappa shape index (κ3) is 2.23. The van der Waals surface area contributed by atoms with Crippen molar-refractivity contribution in [2.45, 2.75) is 19.6 Å². The van der Waals surface area contributed by atoms with Crippen LogP contribution in [-0.2, 0) is 12.7 Å². The lowest BCUT2D eigenvalue weighted by Gasteiger charge is -2.10. The molecule has 7 heteroatoms. The van der Waals surface area contributed by atoms with E-state index in [2.05, 4.69) is 0 Å². The first-order chi connectivity index (χ1) is 7.27. The average Bonchev–Trinajstić information content (AvgIpc) is 2.15. The maximum absolute atomic E-state index is 12.4. The third-order valence-electron chi connectivity index (χ3n) is 1.98. The van der Waals surface area contributed by atoms with Gasteiger partial charge in [0.2, 0.25) is 0 Å². The zero-order chi connectivity index (χ0) is 12.5. The van der Waals surface area contributed by atoms with E-state index < -0.39 is 28.8 Å². The molecule has 0 bridgehead atoms. The van der Waals surface area contributed by atoms with Crippen molar-refractivity contribution in [3.05, 3.63) is 33.7 Å². The van der Waals surface area contributed by atoms with Gasteiger partial charge in [0.05, 0.1) is 5.56 Å². The summed E-state index contributed by atoms with van der Waals surface area (Å²) in [5.41, 5.74) is -3.26. The Hall–Kier alpha value is -1.79. The molecule has 88 valence electrons. The van der Waals surface area contributed by atoms with Gasteiger partial charge in [-0.25, -0.2) is 4.79 Å². The van der Waals surface area contributed by atoms with Crippen molar-refractivity contribution in [1.29, 1.82) is 0 Å². The Morgan fingerprint density at radius 2 is 2.06 bits per heavy atom. The van der Waals surface area contributed by atoms with Crippen LogP contribution in [0.5, 0.6) is 0 Å². The molecule has 16 heavy (non-hydrogen) atoms. The molecule has 0 unspecified atom stereocenters. The summed E-state index contributed by atoms with van der Waals surface area (Å²) in [4.78, 5) is 21.8. The number of aromatic nitrogens is 1. The SMILES string of the molecule is CCn1cc(C(=O)O)cc(C(F)(F)F)c1=O. The van der Waals surface area contributed by atoms with Gasteiger partial charge in [0.15, 0.2) is 0 Å². The number of halogens is 3. The predicted molar refractivity (Wildman–Crippen MR) is 48.3 cm³/mol. The molecule has 0 atom stereocenters. The quantitative estimate of drug-likeness (QED) is 0.846. The topological polar surface area (TPSA) is 59.3 Å². The van der Waals surface area contributed by atoms with E-state index in [1.54, 1.807) is 0 Å². The number of carboxylic acid groups (broad SMARTS) is 1. The second-order valence-corrected chi connectivity index (χ2v) is 3.04. The molecule has 1 aromatic heterocycles. The highest BCUT2D eigenvalue weighted by molar-refractivity contribution is 5.87. The number of rotatable bonds is 2. The maximum Gasteiger partial charge on any atom is 0.421 e. The molecular weight excluding hydrogens is 227 g/mol. The Labute approximate surface area is 87.9 Å². The molecule has 0 saturated carbocycles.